The number of carbonyl (C=O) groups excluding carboxylic acids is 1. The standard InChI is InChI=1S/C33H35N3O4S/c1-2-34-33(38)36-20-27-7-3-4-8-29(27)24-14-16-26(17-15-24)32-39-28(22-41-31-9-5-6-18-35-31)19-30(40-32)25-12-10-23(21-37)11-13-25/h3-18,28,30,32,37H,2,19-22H2,1H3,(H2,34,36,38)/t28-,30+,32+/m1/s1. The molecule has 1 saturated heterocycles. The van der Waals surface area contributed by atoms with Gasteiger partial charge in [0.15, 0.2) is 6.29 Å². The van der Waals surface area contributed by atoms with E-state index in [9.17, 15) is 9.90 Å². The van der Waals surface area contributed by atoms with Gasteiger partial charge in [-0.1, -0.05) is 78.9 Å². The Morgan fingerprint density at radius 1 is 0.927 bits per heavy atom. The Morgan fingerprint density at radius 3 is 2.41 bits per heavy atom. The van der Waals surface area contributed by atoms with Gasteiger partial charge in [0.05, 0.1) is 23.8 Å². The minimum atomic E-state index is -0.524. The zero-order chi connectivity index (χ0) is 28.4. The van der Waals surface area contributed by atoms with E-state index in [1.165, 1.54) is 0 Å². The molecule has 1 aliphatic rings. The van der Waals surface area contributed by atoms with Crippen molar-refractivity contribution < 1.29 is 19.4 Å². The summed E-state index contributed by atoms with van der Waals surface area (Å²) < 4.78 is 13.0. The van der Waals surface area contributed by atoms with Gasteiger partial charge in [-0.05, 0) is 46.9 Å². The van der Waals surface area contributed by atoms with Crippen molar-refractivity contribution >= 4 is 17.8 Å². The van der Waals surface area contributed by atoms with Crippen LogP contribution in [0.5, 0.6) is 0 Å². The number of aromatic nitrogens is 1. The van der Waals surface area contributed by atoms with Gasteiger partial charge in [-0.3, -0.25) is 0 Å². The number of aliphatic hydroxyl groups is 1. The molecule has 1 aliphatic heterocycles. The topological polar surface area (TPSA) is 92.7 Å². The van der Waals surface area contributed by atoms with E-state index in [1.54, 1.807) is 18.0 Å². The third-order valence-corrected chi connectivity index (χ3v) is 8.03. The van der Waals surface area contributed by atoms with Gasteiger partial charge in [0.1, 0.15) is 0 Å². The van der Waals surface area contributed by atoms with Gasteiger partial charge in [-0.25, -0.2) is 9.78 Å². The first-order chi connectivity index (χ1) is 20.1. The molecule has 4 aromatic rings. The smallest absolute Gasteiger partial charge is 0.315 e. The van der Waals surface area contributed by atoms with E-state index in [1.807, 2.05) is 79.7 Å². The molecule has 5 rings (SSSR count). The Balaban J connectivity index is 1.33. The Bertz CT molecular complexity index is 1400. The second-order valence-electron chi connectivity index (χ2n) is 9.82. The highest BCUT2D eigenvalue weighted by Crippen LogP contribution is 2.39. The Kier molecular flexibility index (Phi) is 10.0. The lowest BCUT2D eigenvalue weighted by atomic mass is 9.98. The number of nitrogens with zero attached hydrogens (tertiary/aromatic N) is 1. The summed E-state index contributed by atoms with van der Waals surface area (Å²) in [4.78, 5) is 16.4. The van der Waals surface area contributed by atoms with Crippen LogP contribution in [0.2, 0.25) is 0 Å². The monoisotopic (exact) mass is 569 g/mol. The maximum absolute atomic E-state index is 11.9. The summed E-state index contributed by atoms with van der Waals surface area (Å²) in [5.41, 5.74) is 6.03. The molecule has 0 unspecified atom stereocenters. The molecule has 2 amide bonds. The fourth-order valence-corrected chi connectivity index (χ4v) is 5.69. The molecule has 3 atom stereocenters. The van der Waals surface area contributed by atoms with Crippen molar-refractivity contribution in [2.75, 3.05) is 12.3 Å². The van der Waals surface area contributed by atoms with Crippen LogP contribution in [-0.4, -0.2) is 34.5 Å². The molecular weight excluding hydrogens is 534 g/mol. The molecule has 3 N–H and O–H groups in total. The van der Waals surface area contributed by atoms with Crippen molar-refractivity contribution in [1.82, 2.24) is 15.6 Å². The molecule has 0 bridgehead atoms. The Labute approximate surface area is 245 Å². The quantitative estimate of drug-likeness (QED) is 0.192. The third kappa shape index (κ3) is 7.74. The second kappa shape index (κ2) is 14.3. The van der Waals surface area contributed by atoms with Crippen LogP contribution in [-0.2, 0) is 22.6 Å². The number of nitrogens with one attached hydrogen (secondary N) is 2. The Hall–Kier alpha value is -3.69. The molecule has 41 heavy (non-hydrogen) atoms. The molecule has 212 valence electrons. The Morgan fingerprint density at radius 2 is 1.68 bits per heavy atom. The van der Waals surface area contributed by atoms with Crippen molar-refractivity contribution in [1.29, 1.82) is 0 Å². The SMILES string of the molecule is CCNC(=O)NCc1ccccc1-c1ccc([C@H]2O[C@@H](CSc3ccccn3)C[C@@H](c3ccc(CO)cc3)O2)cc1. The molecule has 7 nitrogen and oxygen atoms in total. The molecule has 1 aromatic heterocycles. The fraction of sp³-hybridized carbons (Fsp3) is 0.273. The number of urea groups is 1. The van der Waals surface area contributed by atoms with Crippen LogP contribution in [0.15, 0.2) is 102 Å². The van der Waals surface area contributed by atoms with Crippen LogP contribution in [0.3, 0.4) is 0 Å². The molecule has 1 fully saturated rings. The summed E-state index contributed by atoms with van der Waals surface area (Å²) in [5.74, 6) is 0.756. The molecule has 3 aromatic carbocycles. The van der Waals surface area contributed by atoms with Gasteiger partial charge in [0, 0.05) is 37.0 Å². The zero-order valence-corrected chi connectivity index (χ0v) is 23.8. The van der Waals surface area contributed by atoms with Crippen molar-refractivity contribution in [2.24, 2.45) is 0 Å². The van der Waals surface area contributed by atoms with E-state index in [0.29, 0.717) is 13.1 Å². The van der Waals surface area contributed by atoms with Crippen molar-refractivity contribution in [3.05, 3.63) is 119 Å². The van der Waals surface area contributed by atoms with Crippen molar-refractivity contribution in [3.8, 4) is 11.1 Å². The largest absolute Gasteiger partial charge is 0.392 e. The predicted molar refractivity (Wildman–Crippen MR) is 161 cm³/mol. The first-order valence-electron chi connectivity index (χ1n) is 13.9. The number of ether oxygens (including phenoxy) is 2. The number of carbonyl (C=O) groups is 1. The van der Waals surface area contributed by atoms with Crippen LogP contribution in [0.4, 0.5) is 4.79 Å². The molecule has 0 aliphatic carbocycles. The fourth-order valence-electron chi connectivity index (χ4n) is 4.81. The van der Waals surface area contributed by atoms with Crippen LogP contribution >= 0.6 is 11.8 Å². The lowest BCUT2D eigenvalue weighted by Crippen LogP contribution is -2.34. The van der Waals surface area contributed by atoms with E-state index in [-0.39, 0.29) is 24.8 Å². The summed E-state index contributed by atoms with van der Waals surface area (Å²) in [6, 6.07) is 30.0. The number of rotatable bonds is 10. The highest BCUT2D eigenvalue weighted by molar-refractivity contribution is 7.99. The predicted octanol–water partition coefficient (Wildman–Crippen LogP) is 6.40. The zero-order valence-electron chi connectivity index (χ0n) is 23.0. The average molecular weight is 570 g/mol. The number of hydrogen-bond acceptors (Lipinski definition) is 6. The average Bonchev–Trinajstić information content (AvgIpc) is 3.03. The summed E-state index contributed by atoms with van der Waals surface area (Å²) in [6.07, 6.45) is 1.82. The van der Waals surface area contributed by atoms with Gasteiger partial charge in [0.25, 0.3) is 0 Å². The minimum Gasteiger partial charge on any atom is -0.392 e. The number of aliphatic hydroxyl groups excluding tert-OH is 1. The van der Waals surface area contributed by atoms with E-state index in [0.717, 1.165) is 50.6 Å². The number of pyridine rings is 1. The first-order valence-corrected chi connectivity index (χ1v) is 14.9. The van der Waals surface area contributed by atoms with Crippen molar-refractivity contribution in [3.63, 3.8) is 0 Å². The number of amides is 2. The maximum atomic E-state index is 11.9. The van der Waals surface area contributed by atoms with Gasteiger partial charge >= 0.3 is 6.03 Å². The first kappa shape index (κ1) is 28.8. The van der Waals surface area contributed by atoms with E-state index >= 15 is 0 Å². The van der Waals surface area contributed by atoms with E-state index in [4.69, 9.17) is 9.47 Å². The maximum Gasteiger partial charge on any atom is 0.315 e. The number of benzene rings is 3. The van der Waals surface area contributed by atoms with Gasteiger partial charge in [-0.2, -0.15) is 0 Å². The molecule has 0 spiro atoms. The second-order valence-corrected chi connectivity index (χ2v) is 10.9. The van der Waals surface area contributed by atoms with E-state index in [2.05, 4.69) is 33.8 Å². The minimum absolute atomic E-state index is 0.0123. The van der Waals surface area contributed by atoms with Crippen LogP contribution in [0.1, 0.15) is 48.0 Å². The highest BCUT2D eigenvalue weighted by Gasteiger charge is 2.32. The molecule has 2 heterocycles. The van der Waals surface area contributed by atoms with Gasteiger partial charge < -0.3 is 25.2 Å². The van der Waals surface area contributed by atoms with Crippen LogP contribution in [0.25, 0.3) is 11.1 Å². The lowest BCUT2D eigenvalue weighted by Gasteiger charge is -2.36. The van der Waals surface area contributed by atoms with Gasteiger partial charge in [0.2, 0.25) is 0 Å². The van der Waals surface area contributed by atoms with Gasteiger partial charge in [-0.15, -0.1) is 11.8 Å². The molecule has 0 saturated carbocycles. The summed E-state index contributed by atoms with van der Waals surface area (Å²) in [7, 11) is 0. The molecular formula is C33H35N3O4S. The van der Waals surface area contributed by atoms with Crippen LogP contribution < -0.4 is 10.6 Å². The van der Waals surface area contributed by atoms with Crippen LogP contribution in [0, 0.1) is 0 Å². The third-order valence-electron chi connectivity index (χ3n) is 6.96. The normalized spacial score (nSPS) is 18.5. The highest BCUT2D eigenvalue weighted by atomic mass is 32.2. The molecule has 8 heteroatoms. The summed E-state index contributed by atoms with van der Waals surface area (Å²) in [6.45, 7) is 2.92. The van der Waals surface area contributed by atoms with Crippen molar-refractivity contribution in [2.45, 2.75) is 50.0 Å². The number of hydrogen-bond donors (Lipinski definition) is 3. The summed E-state index contributed by atoms with van der Waals surface area (Å²) in [5, 5.41) is 16.1. The lowest BCUT2D eigenvalue weighted by molar-refractivity contribution is -0.245. The summed E-state index contributed by atoms with van der Waals surface area (Å²) >= 11 is 1.68. The number of thioether (sulfide) groups is 1. The molecule has 0 radical (unpaired) electrons. The van der Waals surface area contributed by atoms with E-state index < -0.39 is 6.29 Å².